The predicted octanol–water partition coefficient (Wildman–Crippen LogP) is 3.08. The summed E-state index contributed by atoms with van der Waals surface area (Å²) < 4.78 is 31.4. The van der Waals surface area contributed by atoms with Gasteiger partial charge in [-0.1, -0.05) is 12.1 Å². The Balaban J connectivity index is 2.11. The largest absolute Gasteiger partial charge is 0.491 e. The van der Waals surface area contributed by atoms with Crippen molar-refractivity contribution in [1.29, 1.82) is 0 Å². The van der Waals surface area contributed by atoms with Gasteiger partial charge in [0.1, 0.15) is 5.75 Å². The van der Waals surface area contributed by atoms with E-state index in [2.05, 4.69) is 10.2 Å². The Labute approximate surface area is 125 Å². The van der Waals surface area contributed by atoms with E-state index >= 15 is 0 Å². The Morgan fingerprint density at radius 2 is 1.76 bits per heavy atom. The van der Waals surface area contributed by atoms with Crippen LogP contribution in [0, 0.1) is 0 Å². The summed E-state index contributed by atoms with van der Waals surface area (Å²) in [6.45, 7) is 7.26. The molecule has 1 aromatic rings. The maximum absolute atomic E-state index is 12.9. The Morgan fingerprint density at radius 1 is 1.14 bits per heavy atom. The molecule has 0 saturated carbocycles. The number of hydrogen-bond donors (Lipinski definition) is 1. The van der Waals surface area contributed by atoms with Gasteiger partial charge in [-0.15, -0.1) is 0 Å². The molecule has 1 atom stereocenters. The van der Waals surface area contributed by atoms with Crippen LogP contribution in [-0.2, 0) is 0 Å². The van der Waals surface area contributed by atoms with E-state index in [1.165, 1.54) is 0 Å². The lowest BCUT2D eigenvalue weighted by Crippen LogP contribution is -2.45. The molecule has 21 heavy (non-hydrogen) atoms. The minimum atomic E-state index is -2.29. The molecule has 0 bridgehead atoms. The van der Waals surface area contributed by atoms with Crippen LogP contribution in [0.4, 0.5) is 8.78 Å². The molecule has 1 saturated heterocycles. The number of nitrogens with zero attached hydrogens (tertiary/aromatic N) is 1. The molecule has 1 aliphatic heterocycles. The first-order chi connectivity index (χ1) is 10.1. The van der Waals surface area contributed by atoms with Crippen molar-refractivity contribution < 1.29 is 13.5 Å². The van der Waals surface area contributed by atoms with Crippen molar-refractivity contribution in [2.45, 2.75) is 38.8 Å². The number of benzene rings is 1. The van der Waals surface area contributed by atoms with Gasteiger partial charge >= 0.3 is 0 Å². The lowest BCUT2D eigenvalue weighted by atomic mass is 10.0. The van der Waals surface area contributed by atoms with Gasteiger partial charge in [0, 0.05) is 38.6 Å². The number of nitrogens with one attached hydrogen (secondary N) is 1. The summed E-state index contributed by atoms with van der Waals surface area (Å²) in [5.74, 6) is 0.782. The van der Waals surface area contributed by atoms with Crippen LogP contribution in [0.1, 0.15) is 31.9 Å². The standard InChI is InChI=1S/C16H24F2N2O/c1-12(2)21-14-5-3-13(4-6-14)15(11-16(17)18)20-9-7-19-8-10-20/h3-6,12,15-16,19H,7-11H2,1-2H3/t15-/m0/s1. The zero-order valence-corrected chi connectivity index (χ0v) is 12.7. The number of piperazine rings is 1. The summed E-state index contributed by atoms with van der Waals surface area (Å²) >= 11 is 0. The molecule has 5 heteroatoms. The lowest BCUT2D eigenvalue weighted by molar-refractivity contribution is 0.0739. The van der Waals surface area contributed by atoms with Crippen molar-refractivity contribution >= 4 is 0 Å². The average molecular weight is 298 g/mol. The fourth-order valence-corrected chi connectivity index (χ4v) is 2.70. The van der Waals surface area contributed by atoms with E-state index < -0.39 is 6.43 Å². The monoisotopic (exact) mass is 298 g/mol. The van der Waals surface area contributed by atoms with Crippen molar-refractivity contribution in [3.63, 3.8) is 0 Å². The summed E-state index contributed by atoms with van der Waals surface area (Å²) in [6, 6.07) is 7.34. The lowest BCUT2D eigenvalue weighted by Gasteiger charge is -2.35. The maximum atomic E-state index is 12.9. The molecule has 0 spiro atoms. The van der Waals surface area contributed by atoms with Crippen molar-refractivity contribution in [2.75, 3.05) is 26.2 Å². The van der Waals surface area contributed by atoms with E-state index in [1.54, 1.807) is 0 Å². The molecule has 0 amide bonds. The van der Waals surface area contributed by atoms with Gasteiger partial charge in [0.05, 0.1) is 6.10 Å². The topological polar surface area (TPSA) is 24.5 Å². The number of alkyl halides is 2. The first kappa shape index (κ1) is 16.2. The van der Waals surface area contributed by atoms with Crippen LogP contribution in [0.3, 0.4) is 0 Å². The maximum Gasteiger partial charge on any atom is 0.240 e. The first-order valence-electron chi connectivity index (χ1n) is 7.56. The quantitative estimate of drug-likeness (QED) is 0.873. The van der Waals surface area contributed by atoms with Gasteiger partial charge in [0.15, 0.2) is 0 Å². The van der Waals surface area contributed by atoms with Gasteiger partial charge < -0.3 is 10.1 Å². The summed E-state index contributed by atoms with van der Waals surface area (Å²) in [6.07, 6.45) is -2.30. The minimum absolute atomic E-state index is 0.112. The number of ether oxygens (including phenoxy) is 1. The summed E-state index contributed by atoms with van der Waals surface area (Å²) in [4.78, 5) is 2.14. The summed E-state index contributed by atoms with van der Waals surface area (Å²) in [5, 5.41) is 3.26. The smallest absolute Gasteiger partial charge is 0.240 e. The molecule has 3 nitrogen and oxygen atoms in total. The van der Waals surface area contributed by atoms with Crippen LogP contribution in [0.25, 0.3) is 0 Å². The van der Waals surface area contributed by atoms with Gasteiger partial charge in [-0.2, -0.15) is 0 Å². The van der Waals surface area contributed by atoms with E-state index in [0.29, 0.717) is 0 Å². The molecule has 1 aliphatic rings. The highest BCUT2D eigenvalue weighted by molar-refractivity contribution is 5.29. The van der Waals surface area contributed by atoms with E-state index in [-0.39, 0.29) is 18.6 Å². The molecule has 1 aromatic carbocycles. The number of hydrogen-bond acceptors (Lipinski definition) is 3. The highest BCUT2D eigenvalue weighted by Crippen LogP contribution is 2.29. The molecule has 118 valence electrons. The van der Waals surface area contributed by atoms with E-state index in [1.807, 2.05) is 38.1 Å². The summed E-state index contributed by atoms with van der Waals surface area (Å²) in [7, 11) is 0. The van der Waals surface area contributed by atoms with Crippen LogP contribution in [-0.4, -0.2) is 43.6 Å². The molecule has 1 N–H and O–H groups in total. The third-order valence-corrected chi connectivity index (χ3v) is 3.63. The fraction of sp³-hybridized carbons (Fsp3) is 0.625. The highest BCUT2D eigenvalue weighted by atomic mass is 19.3. The second-order valence-corrected chi connectivity index (χ2v) is 5.66. The first-order valence-corrected chi connectivity index (χ1v) is 7.56. The molecule has 0 aliphatic carbocycles. The molecule has 0 unspecified atom stereocenters. The minimum Gasteiger partial charge on any atom is -0.491 e. The van der Waals surface area contributed by atoms with Crippen molar-refractivity contribution in [3.8, 4) is 5.75 Å². The van der Waals surface area contributed by atoms with E-state index in [4.69, 9.17) is 4.74 Å². The van der Waals surface area contributed by atoms with Gasteiger partial charge in [-0.05, 0) is 31.5 Å². The molecule has 1 heterocycles. The zero-order valence-electron chi connectivity index (χ0n) is 12.7. The van der Waals surface area contributed by atoms with Crippen LogP contribution >= 0.6 is 0 Å². The van der Waals surface area contributed by atoms with Crippen LogP contribution in [0.15, 0.2) is 24.3 Å². The van der Waals surface area contributed by atoms with E-state index in [0.717, 1.165) is 37.5 Å². The van der Waals surface area contributed by atoms with Gasteiger partial charge in [-0.25, -0.2) is 8.78 Å². The third kappa shape index (κ3) is 4.93. The molecule has 0 aromatic heterocycles. The van der Waals surface area contributed by atoms with Crippen molar-refractivity contribution in [1.82, 2.24) is 10.2 Å². The normalized spacial score (nSPS) is 18.2. The van der Waals surface area contributed by atoms with Crippen molar-refractivity contribution in [3.05, 3.63) is 29.8 Å². The summed E-state index contributed by atoms with van der Waals surface area (Å²) in [5.41, 5.74) is 0.938. The highest BCUT2D eigenvalue weighted by Gasteiger charge is 2.25. The van der Waals surface area contributed by atoms with E-state index in [9.17, 15) is 8.78 Å². The van der Waals surface area contributed by atoms with Crippen LogP contribution in [0.2, 0.25) is 0 Å². The van der Waals surface area contributed by atoms with Crippen molar-refractivity contribution in [2.24, 2.45) is 0 Å². The molecular formula is C16H24F2N2O. The average Bonchev–Trinajstić information content (AvgIpc) is 2.46. The number of rotatable bonds is 6. The zero-order chi connectivity index (χ0) is 15.2. The molecule has 2 rings (SSSR count). The van der Waals surface area contributed by atoms with Gasteiger partial charge in [-0.3, -0.25) is 4.90 Å². The van der Waals surface area contributed by atoms with Gasteiger partial charge in [0.2, 0.25) is 6.43 Å². The predicted molar refractivity (Wildman–Crippen MR) is 80.0 cm³/mol. The second-order valence-electron chi connectivity index (χ2n) is 5.66. The van der Waals surface area contributed by atoms with Crippen LogP contribution < -0.4 is 10.1 Å². The molecular weight excluding hydrogens is 274 g/mol. The Morgan fingerprint density at radius 3 is 2.29 bits per heavy atom. The Bertz CT molecular complexity index is 417. The van der Waals surface area contributed by atoms with Gasteiger partial charge in [0.25, 0.3) is 0 Å². The second kappa shape index (κ2) is 7.71. The van der Waals surface area contributed by atoms with Crippen LogP contribution in [0.5, 0.6) is 5.75 Å². The third-order valence-electron chi connectivity index (χ3n) is 3.63. The SMILES string of the molecule is CC(C)Oc1ccc([C@H](CC(F)F)N2CCNCC2)cc1. The Hall–Kier alpha value is -1.20. The molecule has 1 fully saturated rings. The molecule has 0 radical (unpaired) electrons. The fourth-order valence-electron chi connectivity index (χ4n) is 2.70. The number of halogens is 2. The Kier molecular flexibility index (Phi) is 5.94.